The molecule has 2 rings (SSSR count). The number of hydrogen-bond acceptors (Lipinski definition) is 7. The van der Waals surface area contributed by atoms with E-state index in [-0.39, 0.29) is 12.4 Å². The predicted molar refractivity (Wildman–Crippen MR) is 60.3 cm³/mol. The van der Waals surface area contributed by atoms with Gasteiger partial charge in [0.15, 0.2) is 0 Å². The first-order chi connectivity index (χ1) is 9.45. The fourth-order valence-corrected chi connectivity index (χ4v) is 1.46. The smallest absolute Gasteiger partial charge is 0.305 e. The SMILES string of the molecule is NCC(O)c1nc(-c2c(F)ccc([N+](=O)[O-])c2F)no1. The fourth-order valence-electron chi connectivity index (χ4n) is 1.46. The van der Waals surface area contributed by atoms with Gasteiger partial charge in [-0.1, -0.05) is 5.16 Å². The van der Waals surface area contributed by atoms with E-state index in [0.717, 1.165) is 0 Å². The molecule has 1 unspecified atom stereocenters. The molecule has 0 fully saturated rings. The summed E-state index contributed by atoms with van der Waals surface area (Å²) in [5.41, 5.74) is 3.43. The van der Waals surface area contributed by atoms with Crippen LogP contribution in [0.4, 0.5) is 14.5 Å². The molecule has 2 aromatic rings. The largest absolute Gasteiger partial charge is 0.382 e. The minimum atomic E-state index is -1.43. The molecule has 1 heterocycles. The minimum absolute atomic E-state index is 0.235. The quantitative estimate of drug-likeness (QED) is 0.631. The lowest BCUT2D eigenvalue weighted by Gasteiger charge is -2.01. The zero-order valence-electron chi connectivity index (χ0n) is 9.79. The normalized spacial score (nSPS) is 12.4. The van der Waals surface area contributed by atoms with Crippen LogP contribution in [0.2, 0.25) is 0 Å². The Morgan fingerprint density at radius 2 is 2.20 bits per heavy atom. The lowest BCUT2D eigenvalue weighted by Crippen LogP contribution is -2.11. The number of rotatable bonds is 4. The Hall–Kier alpha value is -2.46. The zero-order valence-corrected chi connectivity index (χ0v) is 9.79. The molecule has 0 spiro atoms. The molecule has 8 nitrogen and oxygen atoms in total. The molecule has 106 valence electrons. The van der Waals surface area contributed by atoms with Gasteiger partial charge in [0, 0.05) is 12.6 Å². The Morgan fingerprint density at radius 1 is 1.50 bits per heavy atom. The Labute approximate surface area is 110 Å². The van der Waals surface area contributed by atoms with Gasteiger partial charge in [-0.25, -0.2) is 4.39 Å². The molecule has 10 heteroatoms. The topological polar surface area (TPSA) is 128 Å². The third-order valence-electron chi connectivity index (χ3n) is 2.44. The Bertz CT molecular complexity index is 661. The van der Waals surface area contributed by atoms with Crippen molar-refractivity contribution in [2.75, 3.05) is 6.54 Å². The summed E-state index contributed by atoms with van der Waals surface area (Å²) in [6.45, 7) is -0.235. The monoisotopic (exact) mass is 286 g/mol. The number of aliphatic hydroxyl groups excluding tert-OH is 1. The Morgan fingerprint density at radius 3 is 2.80 bits per heavy atom. The van der Waals surface area contributed by atoms with E-state index >= 15 is 0 Å². The molecule has 0 bridgehead atoms. The molecule has 20 heavy (non-hydrogen) atoms. The molecular formula is C10H8F2N4O4. The standard InChI is InChI=1S/C10H8F2N4O4/c11-4-1-2-5(16(18)19)8(12)7(4)9-14-10(20-15-9)6(17)3-13/h1-2,6,17H,3,13H2. The first-order valence-electron chi connectivity index (χ1n) is 5.30. The second-order valence-electron chi connectivity index (χ2n) is 3.72. The van der Waals surface area contributed by atoms with Crippen molar-refractivity contribution in [1.82, 2.24) is 10.1 Å². The summed E-state index contributed by atoms with van der Waals surface area (Å²) >= 11 is 0. The highest BCUT2D eigenvalue weighted by atomic mass is 19.1. The molecule has 1 aromatic carbocycles. The van der Waals surface area contributed by atoms with E-state index in [0.29, 0.717) is 12.1 Å². The molecule has 0 amide bonds. The summed E-state index contributed by atoms with van der Waals surface area (Å²) in [6.07, 6.45) is -1.29. The first kappa shape index (κ1) is 14.0. The van der Waals surface area contributed by atoms with E-state index in [1.165, 1.54) is 0 Å². The van der Waals surface area contributed by atoms with E-state index in [4.69, 9.17) is 5.73 Å². The number of nitro benzene ring substituents is 1. The summed E-state index contributed by atoms with van der Waals surface area (Å²) in [6, 6.07) is 1.40. The van der Waals surface area contributed by atoms with Crippen LogP contribution in [0.15, 0.2) is 16.7 Å². The molecule has 1 atom stereocenters. The van der Waals surface area contributed by atoms with Crippen LogP contribution in [-0.2, 0) is 0 Å². The van der Waals surface area contributed by atoms with Gasteiger partial charge in [0.2, 0.25) is 11.6 Å². The number of aromatic nitrogens is 2. The zero-order chi connectivity index (χ0) is 14.9. The van der Waals surface area contributed by atoms with E-state index in [9.17, 15) is 24.0 Å². The highest BCUT2D eigenvalue weighted by molar-refractivity contribution is 5.61. The van der Waals surface area contributed by atoms with Crippen molar-refractivity contribution < 1.29 is 23.3 Å². The third kappa shape index (κ3) is 2.33. The first-order valence-corrected chi connectivity index (χ1v) is 5.30. The van der Waals surface area contributed by atoms with Crippen LogP contribution in [-0.4, -0.2) is 26.7 Å². The maximum Gasteiger partial charge on any atom is 0.305 e. The van der Waals surface area contributed by atoms with Gasteiger partial charge in [0.25, 0.3) is 5.89 Å². The molecular weight excluding hydrogens is 278 g/mol. The van der Waals surface area contributed by atoms with Crippen molar-refractivity contribution in [2.24, 2.45) is 5.73 Å². The summed E-state index contributed by atoms with van der Waals surface area (Å²) in [5, 5.41) is 23.2. The van der Waals surface area contributed by atoms with E-state index < -0.39 is 39.7 Å². The molecule has 0 saturated carbocycles. The van der Waals surface area contributed by atoms with Gasteiger partial charge in [-0.05, 0) is 6.07 Å². The molecule has 0 aliphatic carbocycles. The van der Waals surface area contributed by atoms with Gasteiger partial charge in [0.05, 0.1) is 4.92 Å². The molecule has 0 aliphatic rings. The minimum Gasteiger partial charge on any atom is -0.382 e. The van der Waals surface area contributed by atoms with Crippen LogP contribution in [0.25, 0.3) is 11.4 Å². The van der Waals surface area contributed by atoms with Gasteiger partial charge in [-0.15, -0.1) is 0 Å². The van der Waals surface area contributed by atoms with Crippen LogP contribution in [0.3, 0.4) is 0 Å². The molecule has 0 aliphatic heterocycles. The molecule has 0 radical (unpaired) electrons. The van der Waals surface area contributed by atoms with Gasteiger partial charge >= 0.3 is 5.69 Å². The third-order valence-corrected chi connectivity index (χ3v) is 2.44. The number of benzene rings is 1. The van der Waals surface area contributed by atoms with Gasteiger partial charge < -0.3 is 15.4 Å². The van der Waals surface area contributed by atoms with E-state index in [1.54, 1.807) is 0 Å². The number of nitro groups is 1. The second-order valence-corrected chi connectivity index (χ2v) is 3.72. The molecule has 0 saturated heterocycles. The van der Waals surface area contributed by atoms with Gasteiger partial charge in [0.1, 0.15) is 17.5 Å². The van der Waals surface area contributed by atoms with Crippen LogP contribution < -0.4 is 5.73 Å². The lowest BCUT2D eigenvalue weighted by atomic mass is 10.1. The summed E-state index contributed by atoms with van der Waals surface area (Å²) in [4.78, 5) is 13.2. The molecule has 1 aromatic heterocycles. The van der Waals surface area contributed by atoms with Gasteiger partial charge in [-0.3, -0.25) is 10.1 Å². The summed E-state index contributed by atoms with van der Waals surface area (Å²) in [7, 11) is 0. The van der Waals surface area contributed by atoms with Crippen molar-refractivity contribution >= 4 is 5.69 Å². The number of nitrogens with zero attached hydrogens (tertiary/aromatic N) is 3. The maximum atomic E-state index is 13.9. The summed E-state index contributed by atoms with van der Waals surface area (Å²) in [5.74, 6) is -3.41. The highest BCUT2D eigenvalue weighted by Gasteiger charge is 2.26. The Kier molecular flexibility index (Phi) is 3.68. The van der Waals surface area contributed by atoms with E-state index in [1.807, 2.05) is 0 Å². The second kappa shape index (κ2) is 5.27. The maximum absolute atomic E-state index is 13.9. The number of nitrogens with two attached hydrogens (primary N) is 1. The van der Waals surface area contributed by atoms with Crippen molar-refractivity contribution in [3.63, 3.8) is 0 Å². The number of aliphatic hydroxyl groups is 1. The Balaban J connectivity index is 2.55. The number of halogens is 2. The van der Waals surface area contributed by atoms with Crippen LogP contribution in [0.5, 0.6) is 0 Å². The predicted octanol–water partition coefficient (Wildman–Crippen LogP) is 0.915. The summed E-state index contributed by atoms with van der Waals surface area (Å²) < 4.78 is 32.1. The van der Waals surface area contributed by atoms with Gasteiger partial charge in [-0.2, -0.15) is 9.37 Å². The van der Waals surface area contributed by atoms with Crippen molar-refractivity contribution in [1.29, 1.82) is 0 Å². The van der Waals surface area contributed by atoms with Crippen LogP contribution in [0, 0.1) is 21.7 Å². The van der Waals surface area contributed by atoms with Crippen molar-refractivity contribution in [2.45, 2.75) is 6.10 Å². The lowest BCUT2D eigenvalue weighted by molar-refractivity contribution is -0.387. The van der Waals surface area contributed by atoms with E-state index in [2.05, 4.69) is 14.7 Å². The van der Waals surface area contributed by atoms with Crippen LogP contribution >= 0.6 is 0 Å². The van der Waals surface area contributed by atoms with Crippen LogP contribution in [0.1, 0.15) is 12.0 Å². The fraction of sp³-hybridized carbons (Fsp3) is 0.200. The average Bonchev–Trinajstić information content (AvgIpc) is 2.87. The number of hydrogen-bond donors (Lipinski definition) is 2. The van der Waals surface area contributed by atoms with Crippen molar-refractivity contribution in [3.05, 3.63) is 39.8 Å². The average molecular weight is 286 g/mol. The highest BCUT2D eigenvalue weighted by Crippen LogP contribution is 2.30. The molecule has 3 N–H and O–H groups in total. The van der Waals surface area contributed by atoms with Crippen molar-refractivity contribution in [3.8, 4) is 11.4 Å².